The Kier molecular flexibility index (Phi) is 4.27. The Morgan fingerprint density at radius 3 is 2.71 bits per heavy atom. The van der Waals surface area contributed by atoms with Gasteiger partial charge in [0.25, 0.3) is 5.91 Å². The fourth-order valence-corrected chi connectivity index (χ4v) is 1.94. The number of amides is 1. The van der Waals surface area contributed by atoms with E-state index in [1.165, 1.54) is 0 Å². The van der Waals surface area contributed by atoms with Crippen LogP contribution >= 0.6 is 0 Å². The fraction of sp³-hybridized carbons (Fsp3) is 0.200. The number of ether oxygens (including phenoxy) is 1. The summed E-state index contributed by atoms with van der Waals surface area (Å²) in [6, 6.07) is 8.84. The molecule has 0 aliphatic rings. The van der Waals surface area contributed by atoms with E-state index >= 15 is 0 Å². The number of carboxylic acid groups (broad SMARTS) is 1. The van der Waals surface area contributed by atoms with Gasteiger partial charge in [-0.15, -0.1) is 0 Å². The minimum Gasteiger partial charge on any atom is -0.496 e. The summed E-state index contributed by atoms with van der Waals surface area (Å²) in [5.41, 5.74) is 1.03. The highest BCUT2D eigenvalue weighted by molar-refractivity contribution is 5.97. The number of nitrogens with one attached hydrogen (secondary N) is 1. The maximum atomic E-state index is 11.9. The van der Waals surface area contributed by atoms with E-state index in [0.717, 1.165) is 5.56 Å². The molecule has 0 spiro atoms. The second kappa shape index (κ2) is 6.13. The number of benzene rings is 1. The number of hydrogen-bond donors (Lipinski definition) is 2. The largest absolute Gasteiger partial charge is 0.496 e. The molecule has 0 aliphatic carbocycles. The van der Waals surface area contributed by atoms with Gasteiger partial charge in [-0.05, 0) is 25.1 Å². The molecule has 21 heavy (non-hydrogen) atoms. The molecule has 1 aromatic heterocycles. The van der Waals surface area contributed by atoms with E-state index in [2.05, 4.69) is 5.32 Å². The zero-order valence-electron chi connectivity index (χ0n) is 11.7. The van der Waals surface area contributed by atoms with E-state index in [-0.39, 0.29) is 0 Å². The molecular formula is C15H15NO5. The Labute approximate surface area is 121 Å². The van der Waals surface area contributed by atoms with E-state index in [4.69, 9.17) is 14.3 Å². The standard InChI is InChI=1S/C15H15NO5/c1-9-11(15(19)16-8-14(17)18)7-13(21-9)10-5-3-4-6-12(10)20-2/h3-7H,8H2,1-2H3,(H,16,19)(H,17,18). The Morgan fingerprint density at radius 1 is 1.33 bits per heavy atom. The first-order chi connectivity index (χ1) is 10.0. The van der Waals surface area contributed by atoms with Crippen LogP contribution in [0.25, 0.3) is 11.3 Å². The van der Waals surface area contributed by atoms with E-state index in [1.54, 1.807) is 26.2 Å². The van der Waals surface area contributed by atoms with Crippen molar-refractivity contribution in [2.45, 2.75) is 6.92 Å². The average Bonchev–Trinajstić information content (AvgIpc) is 2.86. The van der Waals surface area contributed by atoms with Gasteiger partial charge < -0.3 is 19.6 Å². The first kappa shape index (κ1) is 14.6. The number of carbonyl (C=O) groups excluding carboxylic acids is 1. The van der Waals surface area contributed by atoms with Gasteiger partial charge in [-0.1, -0.05) is 12.1 Å². The van der Waals surface area contributed by atoms with Crippen molar-refractivity contribution in [3.8, 4) is 17.1 Å². The summed E-state index contributed by atoms with van der Waals surface area (Å²) in [5, 5.41) is 10.9. The molecule has 1 heterocycles. The van der Waals surface area contributed by atoms with Crippen LogP contribution in [0.5, 0.6) is 5.75 Å². The lowest BCUT2D eigenvalue weighted by Crippen LogP contribution is -2.29. The van der Waals surface area contributed by atoms with Crippen LogP contribution in [0, 0.1) is 6.92 Å². The van der Waals surface area contributed by atoms with Gasteiger partial charge >= 0.3 is 5.97 Å². The lowest BCUT2D eigenvalue weighted by Gasteiger charge is -2.04. The molecule has 2 aromatic rings. The van der Waals surface area contributed by atoms with Gasteiger partial charge in [0.1, 0.15) is 23.8 Å². The number of aliphatic carboxylic acids is 1. The smallest absolute Gasteiger partial charge is 0.322 e. The van der Waals surface area contributed by atoms with Crippen LogP contribution in [-0.2, 0) is 4.79 Å². The van der Waals surface area contributed by atoms with Crippen molar-refractivity contribution in [2.75, 3.05) is 13.7 Å². The quantitative estimate of drug-likeness (QED) is 0.879. The Hall–Kier alpha value is -2.76. The number of carboxylic acids is 1. The number of para-hydroxylation sites is 1. The molecule has 0 unspecified atom stereocenters. The molecule has 0 saturated heterocycles. The highest BCUT2D eigenvalue weighted by Gasteiger charge is 2.18. The van der Waals surface area contributed by atoms with Crippen molar-refractivity contribution in [3.63, 3.8) is 0 Å². The Balaban J connectivity index is 2.30. The molecule has 2 N–H and O–H groups in total. The molecular weight excluding hydrogens is 274 g/mol. The van der Waals surface area contributed by atoms with Crippen LogP contribution in [-0.4, -0.2) is 30.6 Å². The number of hydrogen-bond acceptors (Lipinski definition) is 4. The maximum absolute atomic E-state index is 11.9. The molecule has 1 amide bonds. The predicted molar refractivity (Wildman–Crippen MR) is 75.4 cm³/mol. The van der Waals surface area contributed by atoms with Gasteiger partial charge in [-0.2, -0.15) is 0 Å². The van der Waals surface area contributed by atoms with Crippen molar-refractivity contribution >= 4 is 11.9 Å². The third kappa shape index (κ3) is 3.22. The summed E-state index contributed by atoms with van der Waals surface area (Å²) < 4.78 is 10.8. The van der Waals surface area contributed by atoms with Gasteiger partial charge in [-0.3, -0.25) is 9.59 Å². The molecule has 2 rings (SSSR count). The lowest BCUT2D eigenvalue weighted by atomic mass is 10.1. The topological polar surface area (TPSA) is 88.8 Å². The highest BCUT2D eigenvalue weighted by atomic mass is 16.5. The summed E-state index contributed by atoms with van der Waals surface area (Å²) in [5.74, 6) is -0.0535. The van der Waals surface area contributed by atoms with Gasteiger partial charge in [0.05, 0.1) is 18.2 Å². The normalized spacial score (nSPS) is 10.2. The molecule has 6 heteroatoms. The van der Waals surface area contributed by atoms with Crippen molar-refractivity contribution in [1.29, 1.82) is 0 Å². The first-order valence-electron chi connectivity index (χ1n) is 6.26. The molecule has 0 fully saturated rings. The summed E-state index contributed by atoms with van der Waals surface area (Å²) in [6.07, 6.45) is 0. The molecule has 0 saturated carbocycles. The van der Waals surface area contributed by atoms with E-state index in [9.17, 15) is 9.59 Å². The minimum absolute atomic E-state index is 0.303. The monoisotopic (exact) mass is 289 g/mol. The van der Waals surface area contributed by atoms with Crippen LogP contribution < -0.4 is 10.1 Å². The maximum Gasteiger partial charge on any atom is 0.322 e. The van der Waals surface area contributed by atoms with Crippen molar-refractivity contribution in [2.24, 2.45) is 0 Å². The van der Waals surface area contributed by atoms with E-state index in [0.29, 0.717) is 22.8 Å². The second-order valence-electron chi connectivity index (χ2n) is 4.36. The zero-order valence-corrected chi connectivity index (χ0v) is 11.7. The van der Waals surface area contributed by atoms with Gasteiger partial charge in [0.15, 0.2) is 0 Å². The average molecular weight is 289 g/mol. The van der Waals surface area contributed by atoms with E-state index in [1.807, 2.05) is 18.2 Å². The molecule has 1 aromatic carbocycles. The van der Waals surface area contributed by atoms with E-state index < -0.39 is 18.4 Å². The highest BCUT2D eigenvalue weighted by Crippen LogP contribution is 2.32. The van der Waals surface area contributed by atoms with Gasteiger partial charge in [0, 0.05) is 0 Å². The predicted octanol–water partition coefficient (Wildman–Crippen LogP) is 2.08. The number of rotatable bonds is 5. The zero-order chi connectivity index (χ0) is 15.4. The molecule has 0 radical (unpaired) electrons. The van der Waals surface area contributed by atoms with Crippen molar-refractivity contribution in [1.82, 2.24) is 5.32 Å². The summed E-state index contributed by atoms with van der Waals surface area (Å²) in [6.45, 7) is 1.21. The molecule has 0 bridgehead atoms. The van der Waals surface area contributed by atoms with Crippen LogP contribution in [0.3, 0.4) is 0 Å². The lowest BCUT2D eigenvalue weighted by molar-refractivity contribution is -0.135. The van der Waals surface area contributed by atoms with Crippen LogP contribution in [0.15, 0.2) is 34.7 Å². The first-order valence-corrected chi connectivity index (χ1v) is 6.26. The molecule has 6 nitrogen and oxygen atoms in total. The number of methoxy groups -OCH3 is 1. The summed E-state index contributed by atoms with van der Waals surface area (Å²) in [7, 11) is 1.55. The SMILES string of the molecule is COc1ccccc1-c1cc(C(=O)NCC(=O)O)c(C)o1. The number of furan rings is 1. The van der Waals surface area contributed by atoms with Crippen LogP contribution in [0.4, 0.5) is 0 Å². The molecule has 110 valence electrons. The second-order valence-corrected chi connectivity index (χ2v) is 4.36. The van der Waals surface area contributed by atoms with Crippen molar-refractivity contribution < 1.29 is 23.8 Å². The third-order valence-corrected chi connectivity index (χ3v) is 2.94. The molecule has 0 aliphatic heterocycles. The van der Waals surface area contributed by atoms with Crippen molar-refractivity contribution in [3.05, 3.63) is 41.7 Å². The minimum atomic E-state index is -1.10. The summed E-state index contributed by atoms with van der Waals surface area (Å²) in [4.78, 5) is 22.4. The Bertz CT molecular complexity index is 674. The fourth-order valence-electron chi connectivity index (χ4n) is 1.94. The van der Waals surface area contributed by atoms with Gasteiger partial charge in [-0.25, -0.2) is 0 Å². The molecule has 0 atom stereocenters. The third-order valence-electron chi connectivity index (χ3n) is 2.94. The van der Waals surface area contributed by atoms with Crippen LogP contribution in [0.1, 0.15) is 16.1 Å². The number of carbonyl (C=O) groups is 2. The Morgan fingerprint density at radius 2 is 2.05 bits per heavy atom. The number of aryl methyl sites for hydroxylation is 1. The summed E-state index contributed by atoms with van der Waals surface area (Å²) >= 11 is 0. The van der Waals surface area contributed by atoms with Gasteiger partial charge in [0.2, 0.25) is 0 Å². The van der Waals surface area contributed by atoms with Crippen LogP contribution in [0.2, 0.25) is 0 Å².